The van der Waals surface area contributed by atoms with Crippen LogP contribution >= 0.6 is 11.6 Å². The Bertz CT molecular complexity index is 647. The number of benzene rings is 2. The van der Waals surface area contributed by atoms with Crippen molar-refractivity contribution < 1.29 is 4.39 Å². The van der Waals surface area contributed by atoms with Crippen LogP contribution in [-0.2, 0) is 6.54 Å². The van der Waals surface area contributed by atoms with E-state index in [1.807, 2.05) is 13.0 Å². The van der Waals surface area contributed by atoms with Crippen LogP contribution in [-0.4, -0.2) is 0 Å². The SMILES string of the molecule is Cc1ccc(F)c(CNc2ccc(C#N)c(Cl)c2)c1. The third-order valence-corrected chi connectivity index (χ3v) is 3.09. The van der Waals surface area contributed by atoms with Gasteiger partial charge in [0.25, 0.3) is 0 Å². The molecule has 0 aliphatic carbocycles. The Balaban J connectivity index is 2.13. The van der Waals surface area contributed by atoms with Crippen LogP contribution in [0.4, 0.5) is 10.1 Å². The molecular formula is C15H12ClFN2. The van der Waals surface area contributed by atoms with Gasteiger partial charge in [0.2, 0.25) is 0 Å². The minimum Gasteiger partial charge on any atom is -0.381 e. The number of rotatable bonds is 3. The Morgan fingerprint density at radius 1 is 1.26 bits per heavy atom. The maximum Gasteiger partial charge on any atom is 0.128 e. The van der Waals surface area contributed by atoms with Gasteiger partial charge in [-0.1, -0.05) is 29.3 Å². The lowest BCUT2D eigenvalue weighted by molar-refractivity contribution is 0.612. The molecule has 0 radical (unpaired) electrons. The monoisotopic (exact) mass is 274 g/mol. The number of nitriles is 1. The molecular weight excluding hydrogens is 263 g/mol. The normalized spacial score (nSPS) is 10.0. The van der Waals surface area contributed by atoms with Crippen LogP contribution in [0.2, 0.25) is 5.02 Å². The highest BCUT2D eigenvalue weighted by Gasteiger charge is 2.04. The van der Waals surface area contributed by atoms with E-state index in [-0.39, 0.29) is 5.82 Å². The van der Waals surface area contributed by atoms with Crippen LogP contribution in [0.5, 0.6) is 0 Å². The molecule has 4 heteroatoms. The fraction of sp³-hybridized carbons (Fsp3) is 0.133. The van der Waals surface area contributed by atoms with Crippen molar-refractivity contribution in [2.75, 3.05) is 5.32 Å². The summed E-state index contributed by atoms with van der Waals surface area (Å²) in [6.07, 6.45) is 0. The van der Waals surface area contributed by atoms with Crippen LogP contribution in [0.1, 0.15) is 16.7 Å². The van der Waals surface area contributed by atoms with Gasteiger partial charge in [0.15, 0.2) is 0 Å². The predicted molar refractivity (Wildman–Crippen MR) is 74.6 cm³/mol. The van der Waals surface area contributed by atoms with Crippen molar-refractivity contribution in [3.8, 4) is 6.07 Å². The third kappa shape index (κ3) is 3.24. The van der Waals surface area contributed by atoms with Crippen molar-refractivity contribution in [3.63, 3.8) is 0 Å². The fourth-order valence-corrected chi connectivity index (χ4v) is 1.97. The zero-order chi connectivity index (χ0) is 13.8. The molecule has 0 fully saturated rings. The molecule has 0 saturated heterocycles. The van der Waals surface area contributed by atoms with Crippen molar-refractivity contribution in [3.05, 3.63) is 63.9 Å². The number of nitrogens with zero attached hydrogens (tertiary/aromatic N) is 1. The molecule has 0 heterocycles. The van der Waals surface area contributed by atoms with Crippen LogP contribution in [0.3, 0.4) is 0 Å². The van der Waals surface area contributed by atoms with Crippen molar-refractivity contribution in [2.45, 2.75) is 13.5 Å². The Morgan fingerprint density at radius 2 is 2.05 bits per heavy atom. The second-order valence-corrected chi connectivity index (χ2v) is 4.66. The lowest BCUT2D eigenvalue weighted by Gasteiger charge is -2.09. The quantitative estimate of drug-likeness (QED) is 0.907. The van der Waals surface area contributed by atoms with E-state index in [0.717, 1.165) is 11.3 Å². The topological polar surface area (TPSA) is 35.8 Å². The second-order valence-electron chi connectivity index (χ2n) is 4.25. The number of hydrogen-bond donors (Lipinski definition) is 1. The summed E-state index contributed by atoms with van der Waals surface area (Å²) in [5, 5.41) is 12.3. The Hall–Kier alpha value is -2.05. The minimum absolute atomic E-state index is 0.238. The molecule has 0 atom stereocenters. The van der Waals surface area contributed by atoms with Crippen LogP contribution in [0, 0.1) is 24.1 Å². The molecule has 0 spiro atoms. The van der Waals surface area contributed by atoms with E-state index < -0.39 is 0 Å². The first-order valence-electron chi connectivity index (χ1n) is 5.78. The number of hydrogen-bond acceptors (Lipinski definition) is 2. The van der Waals surface area contributed by atoms with Gasteiger partial charge in [0.05, 0.1) is 10.6 Å². The van der Waals surface area contributed by atoms with Gasteiger partial charge in [-0.05, 0) is 31.2 Å². The molecule has 0 amide bonds. The largest absolute Gasteiger partial charge is 0.381 e. The van der Waals surface area contributed by atoms with Gasteiger partial charge < -0.3 is 5.32 Å². The maximum absolute atomic E-state index is 13.6. The molecule has 2 aromatic carbocycles. The summed E-state index contributed by atoms with van der Waals surface area (Å²) < 4.78 is 13.6. The first-order chi connectivity index (χ1) is 9.10. The fourth-order valence-electron chi connectivity index (χ4n) is 1.75. The first kappa shape index (κ1) is 13.4. The summed E-state index contributed by atoms with van der Waals surface area (Å²) in [6, 6.07) is 12.0. The molecule has 1 N–H and O–H groups in total. The second kappa shape index (κ2) is 5.73. The van der Waals surface area contributed by atoms with Gasteiger partial charge in [-0.15, -0.1) is 0 Å². The third-order valence-electron chi connectivity index (χ3n) is 2.77. The zero-order valence-corrected chi connectivity index (χ0v) is 11.1. The number of nitrogens with one attached hydrogen (secondary N) is 1. The summed E-state index contributed by atoms with van der Waals surface area (Å²) in [5.41, 5.74) is 2.79. The molecule has 2 rings (SSSR count). The van der Waals surface area contributed by atoms with Gasteiger partial charge in [-0.25, -0.2) is 4.39 Å². The van der Waals surface area contributed by atoms with E-state index in [9.17, 15) is 4.39 Å². The van der Waals surface area contributed by atoms with Crippen LogP contribution < -0.4 is 5.32 Å². The minimum atomic E-state index is -0.238. The molecule has 0 aromatic heterocycles. The average Bonchev–Trinajstić information content (AvgIpc) is 2.40. The van der Waals surface area contributed by atoms with Gasteiger partial charge in [0.1, 0.15) is 11.9 Å². The van der Waals surface area contributed by atoms with Crippen molar-refractivity contribution in [1.29, 1.82) is 5.26 Å². The first-order valence-corrected chi connectivity index (χ1v) is 6.16. The summed E-state index contributed by atoms with van der Waals surface area (Å²) in [4.78, 5) is 0. The molecule has 19 heavy (non-hydrogen) atoms. The maximum atomic E-state index is 13.6. The van der Waals surface area contributed by atoms with E-state index in [2.05, 4.69) is 5.32 Å². The highest BCUT2D eigenvalue weighted by molar-refractivity contribution is 6.32. The van der Waals surface area contributed by atoms with E-state index in [0.29, 0.717) is 22.7 Å². The molecule has 96 valence electrons. The van der Waals surface area contributed by atoms with Crippen LogP contribution in [0.25, 0.3) is 0 Å². The van der Waals surface area contributed by atoms with E-state index in [4.69, 9.17) is 16.9 Å². The lowest BCUT2D eigenvalue weighted by Crippen LogP contribution is -2.02. The number of halogens is 2. The van der Waals surface area contributed by atoms with E-state index in [1.165, 1.54) is 6.07 Å². The highest BCUT2D eigenvalue weighted by atomic mass is 35.5. The number of anilines is 1. The molecule has 0 unspecified atom stereocenters. The molecule has 0 bridgehead atoms. The van der Waals surface area contributed by atoms with Gasteiger partial charge in [0, 0.05) is 17.8 Å². The lowest BCUT2D eigenvalue weighted by atomic mass is 10.1. The van der Waals surface area contributed by atoms with E-state index in [1.54, 1.807) is 30.3 Å². The summed E-state index contributed by atoms with van der Waals surface area (Å²) in [5.74, 6) is -0.238. The van der Waals surface area contributed by atoms with Gasteiger partial charge in [-0.3, -0.25) is 0 Å². The standard InChI is InChI=1S/C15H12ClFN2/c1-10-2-5-15(17)12(6-10)9-19-13-4-3-11(8-18)14(16)7-13/h2-7,19H,9H2,1H3. The van der Waals surface area contributed by atoms with E-state index >= 15 is 0 Å². The summed E-state index contributed by atoms with van der Waals surface area (Å²) in [6.45, 7) is 2.29. The molecule has 0 saturated carbocycles. The molecule has 2 aromatic rings. The molecule has 0 aliphatic heterocycles. The van der Waals surface area contributed by atoms with Crippen molar-refractivity contribution in [2.24, 2.45) is 0 Å². The Kier molecular flexibility index (Phi) is 4.03. The van der Waals surface area contributed by atoms with Gasteiger partial charge >= 0.3 is 0 Å². The van der Waals surface area contributed by atoms with Crippen molar-refractivity contribution >= 4 is 17.3 Å². The van der Waals surface area contributed by atoms with Crippen molar-refractivity contribution in [1.82, 2.24) is 0 Å². The Morgan fingerprint density at radius 3 is 2.74 bits per heavy atom. The molecule has 2 nitrogen and oxygen atoms in total. The zero-order valence-electron chi connectivity index (χ0n) is 10.4. The Labute approximate surface area is 116 Å². The highest BCUT2D eigenvalue weighted by Crippen LogP contribution is 2.21. The predicted octanol–water partition coefficient (Wildman–Crippen LogP) is 4.27. The number of aryl methyl sites for hydroxylation is 1. The summed E-state index contributed by atoms with van der Waals surface area (Å²) >= 11 is 5.93. The molecule has 0 aliphatic rings. The smallest absolute Gasteiger partial charge is 0.128 e. The van der Waals surface area contributed by atoms with Crippen LogP contribution in [0.15, 0.2) is 36.4 Å². The van der Waals surface area contributed by atoms with Gasteiger partial charge in [-0.2, -0.15) is 5.26 Å². The summed E-state index contributed by atoms with van der Waals surface area (Å²) in [7, 11) is 0. The average molecular weight is 275 g/mol.